The highest BCUT2D eigenvalue weighted by Gasteiger charge is 2.32. The van der Waals surface area contributed by atoms with E-state index in [4.69, 9.17) is 14.0 Å². The minimum atomic E-state index is -1.81. The van der Waals surface area contributed by atoms with E-state index in [0.717, 1.165) is 23.6 Å². The van der Waals surface area contributed by atoms with Crippen LogP contribution in [-0.2, 0) is 8.23 Å². The molecule has 0 aromatic rings. The third-order valence-electron chi connectivity index (χ3n) is 2.47. The molecular formula is C9H28N2O2Si3. The van der Waals surface area contributed by atoms with Gasteiger partial charge in [-0.15, -0.1) is 0 Å². The van der Waals surface area contributed by atoms with Crippen LogP contribution in [0.3, 0.4) is 0 Å². The van der Waals surface area contributed by atoms with Crippen LogP contribution in [0, 0.1) is 0 Å². The van der Waals surface area contributed by atoms with Gasteiger partial charge < -0.3 is 19.3 Å². The molecule has 0 heterocycles. The number of nitrogens with one attached hydrogen (secondary N) is 1. The third-order valence-corrected chi connectivity index (χ3v) is 12.1. The van der Waals surface area contributed by atoms with Gasteiger partial charge in [0.05, 0.1) is 0 Å². The molecule has 7 heteroatoms. The lowest BCUT2D eigenvalue weighted by molar-refractivity contribution is 0.412. The summed E-state index contributed by atoms with van der Waals surface area (Å²) >= 11 is 0. The molecular weight excluding hydrogens is 252 g/mol. The predicted octanol–water partition coefficient (Wildman–Crippen LogP) is 0.145. The Hall–Kier alpha value is 0.491. The standard InChI is InChI=1S/C9H28N2O2Si3/c1-15(2,13-16(3,4)12-14)9-5-7-11-8-6-10/h11H,5-10H2,1-4,14H3. The molecule has 0 aromatic heterocycles. The van der Waals surface area contributed by atoms with Gasteiger partial charge in [-0.25, -0.2) is 0 Å². The van der Waals surface area contributed by atoms with E-state index >= 15 is 0 Å². The van der Waals surface area contributed by atoms with Crippen molar-refractivity contribution in [1.29, 1.82) is 0 Å². The fourth-order valence-corrected chi connectivity index (χ4v) is 9.47. The van der Waals surface area contributed by atoms with Gasteiger partial charge in [-0.1, -0.05) is 0 Å². The molecule has 0 fully saturated rings. The Morgan fingerprint density at radius 3 is 2.31 bits per heavy atom. The molecule has 0 aliphatic carbocycles. The van der Waals surface area contributed by atoms with Crippen LogP contribution in [0.5, 0.6) is 0 Å². The van der Waals surface area contributed by atoms with E-state index in [1.807, 2.05) is 0 Å². The van der Waals surface area contributed by atoms with Crippen molar-refractivity contribution in [3.63, 3.8) is 0 Å². The van der Waals surface area contributed by atoms with Crippen molar-refractivity contribution in [3.05, 3.63) is 0 Å². The van der Waals surface area contributed by atoms with Crippen LogP contribution in [0.25, 0.3) is 0 Å². The van der Waals surface area contributed by atoms with Crippen LogP contribution in [-0.4, -0.2) is 47.0 Å². The van der Waals surface area contributed by atoms with Gasteiger partial charge in [0.2, 0.25) is 0 Å². The maximum atomic E-state index is 6.22. The van der Waals surface area contributed by atoms with E-state index in [1.165, 1.54) is 12.5 Å². The van der Waals surface area contributed by atoms with Gasteiger partial charge in [0, 0.05) is 13.1 Å². The van der Waals surface area contributed by atoms with E-state index in [2.05, 4.69) is 31.5 Å². The second-order valence-corrected chi connectivity index (χ2v) is 14.4. The highest BCUT2D eigenvalue weighted by molar-refractivity contribution is 6.83. The number of hydrogen-bond acceptors (Lipinski definition) is 4. The molecule has 4 nitrogen and oxygen atoms in total. The summed E-state index contributed by atoms with van der Waals surface area (Å²) in [7, 11) is -2.56. The molecule has 0 saturated heterocycles. The van der Waals surface area contributed by atoms with Crippen LogP contribution in [0.2, 0.25) is 32.2 Å². The lowest BCUT2D eigenvalue weighted by Gasteiger charge is -2.32. The first-order chi connectivity index (χ1) is 7.33. The highest BCUT2D eigenvalue weighted by atomic mass is 28.5. The molecule has 98 valence electrons. The molecule has 0 radical (unpaired) electrons. The van der Waals surface area contributed by atoms with Gasteiger partial charge in [0.25, 0.3) is 0 Å². The zero-order valence-corrected chi connectivity index (χ0v) is 15.4. The Balaban J connectivity index is 3.78. The van der Waals surface area contributed by atoms with E-state index in [9.17, 15) is 0 Å². The van der Waals surface area contributed by atoms with Crippen molar-refractivity contribution in [3.8, 4) is 0 Å². The van der Waals surface area contributed by atoms with Crippen molar-refractivity contribution in [2.75, 3.05) is 19.6 Å². The maximum absolute atomic E-state index is 6.22. The Morgan fingerprint density at radius 1 is 1.19 bits per heavy atom. The Kier molecular flexibility index (Phi) is 7.98. The Labute approximate surface area is 105 Å². The molecule has 0 amide bonds. The maximum Gasteiger partial charge on any atom is 0.310 e. The Bertz CT molecular complexity index is 192. The first-order valence-electron chi connectivity index (χ1n) is 5.99. The smallest absolute Gasteiger partial charge is 0.310 e. The minimum absolute atomic E-state index is 0.714. The molecule has 3 N–H and O–H groups in total. The molecule has 0 spiro atoms. The monoisotopic (exact) mass is 280 g/mol. The summed E-state index contributed by atoms with van der Waals surface area (Å²) in [6, 6.07) is 1.19. The van der Waals surface area contributed by atoms with Crippen LogP contribution >= 0.6 is 0 Å². The zero-order chi connectivity index (χ0) is 12.7. The van der Waals surface area contributed by atoms with Crippen molar-refractivity contribution in [1.82, 2.24) is 5.32 Å². The summed E-state index contributed by atoms with van der Waals surface area (Å²) < 4.78 is 11.8. The van der Waals surface area contributed by atoms with Crippen LogP contribution in [0.15, 0.2) is 0 Å². The minimum Gasteiger partial charge on any atom is -0.445 e. The predicted molar refractivity (Wildman–Crippen MR) is 78.4 cm³/mol. The lowest BCUT2D eigenvalue weighted by Crippen LogP contribution is -2.46. The van der Waals surface area contributed by atoms with Crippen LogP contribution in [0.4, 0.5) is 0 Å². The summed E-state index contributed by atoms with van der Waals surface area (Å²) in [6.07, 6.45) is 1.17. The van der Waals surface area contributed by atoms with E-state index in [-0.39, 0.29) is 0 Å². The average molecular weight is 281 g/mol. The van der Waals surface area contributed by atoms with Crippen molar-refractivity contribution in [2.24, 2.45) is 5.73 Å². The summed E-state index contributed by atoms with van der Waals surface area (Å²) in [5.74, 6) is 0. The highest BCUT2D eigenvalue weighted by Crippen LogP contribution is 2.19. The van der Waals surface area contributed by atoms with E-state index in [1.54, 1.807) is 0 Å². The first-order valence-corrected chi connectivity index (χ1v) is 12.7. The summed E-state index contributed by atoms with van der Waals surface area (Å²) in [5, 5.41) is 3.31. The normalized spacial score (nSPS) is 13.3. The zero-order valence-electron chi connectivity index (χ0n) is 11.4. The second kappa shape index (κ2) is 7.75. The summed E-state index contributed by atoms with van der Waals surface area (Å²) in [5.41, 5.74) is 5.41. The SMILES string of the molecule is C[Si](C)(CCCNCCN)O[Si](C)(C)O[SiH3]. The first kappa shape index (κ1) is 16.5. The largest absolute Gasteiger partial charge is 0.445 e. The van der Waals surface area contributed by atoms with Gasteiger partial charge in [-0.05, 0) is 45.2 Å². The molecule has 0 saturated carbocycles. The van der Waals surface area contributed by atoms with Gasteiger partial charge in [-0.3, -0.25) is 0 Å². The topological polar surface area (TPSA) is 56.5 Å². The van der Waals surface area contributed by atoms with Gasteiger partial charge in [0.15, 0.2) is 8.32 Å². The number of hydrogen-bond donors (Lipinski definition) is 2. The summed E-state index contributed by atoms with van der Waals surface area (Å²) in [4.78, 5) is 0. The lowest BCUT2D eigenvalue weighted by atomic mass is 10.5. The molecule has 16 heavy (non-hydrogen) atoms. The van der Waals surface area contributed by atoms with E-state index in [0.29, 0.717) is 6.54 Å². The third kappa shape index (κ3) is 8.62. The van der Waals surface area contributed by atoms with Crippen molar-refractivity contribution < 1.29 is 8.23 Å². The molecule has 0 rings (SSSR count). The number of nitrogens with two attached hydrogens (primary N) is 1. The van der Waals surface area contributed by atoms with E-state index < -0.39 is 16.9 Å². The molecule has 0 aromatic carbocycles. The van der Waals surface area contributed by atoms with Gasteiger partial charge in [0.1, 0.15) is 10.5 Å². The van der Waals surface area contributed by atoms with Gasteiger partial charge >= 0.3 is 8.56 Å². The summed E-state index contributed by atoms with van der Waals surface area (Å²) in [6.45, 7) is 11.5. The van der Waals surface area contributed by atoms with Crippen molar-refractivity contribution >= 4 is 27.4 Å². The van der Waals surface area contributed by atoms with Crippen LogP contribution in [0.1, 0.15) is 6.42 Å². The fourth-order valence-electron chi connectivity index (χ4n) is 1.62. The Morgan fingerprint density at radius 2 is 1.81 bits per heavy atom. The molecule has 0 atom stereocenters. The van der Waals surface area contributed by atoms with Crippen LogP contribution < -0.4 is 11.1 Å². The quantitative estimate of drug-likeness (QED) is 0.466. The molecule has 0 unspecified atom stereocenters. The molecule has 0 bridgehead atoms. The molecule has 0 aliphatic rings. The fraction of sp³-hybridized carbons (Fsp3) is 1.00. The van der Waals surface area contributed by atoms with Gasteiger partial charge in [-0.2, -0.15) is 0 Å². The molecule has 0 aliphatic heterocycles. The average Bonchev–Trinajstić information content (AvgIpc) is 2.16. The second-order valence-electron chi connectivity index (χ2n) is 5.11. The van der Waals surface area contributed by atoms with Crippen molar-refractivity contribution in [2.45, 2.75) is 38.7 Å². The number of rotatable bonds is 9.